The first-order valence-corrected chi connectivity index (χ1v) is 13.3. The predicted octanol–water partition coefficient (Wildman–Crippen LogP) is 4.58. The van der Waals surface area contributed by atoms with Gasteiger partial charge in [0.25, 0.3) is 10.0 Å². The van der Waals surface area contributed by atoms with E-state index >= 15 is 0 Å². The van der Waals surface area contributed by atoms with Gasteiger partial charge in [-0.05, 0) is 98.7 Å². The van der Waals surface area contributed by atoms with Crippen LogP contribution in [0.4, 0.5) is 10.1 Å². The third-order valence-corrected chi connectivity index (χ3v) is 9.16. The number of methoxy groups -OCH3 is 1. The van der Waals surface area contributed by atoms with E-state index in [4.69, 9.17) is 9.47 Å². The smallest absolute Gasteiger partial charge is 0.338 e. The van der Waals surface area contributed by atoms with Crippen molar-refractivity contribution in [3.8, 4) is 5.75 Å². The number of carbonyl (C=O) groups is 2. The molecule has 0 unspecified atom stereocenters. The minimum atomic E-state index is -4.32. The van der Waals surface area contributed by atoms with Crippen molar-refractivity contribution in [3.63, 3.8) is 0 Å². The van der Waals surface area contributed by atoms with E-state index in [0.717, 1.165) is 37.5 Å². The molecule has 9 heteroatoms. The largest absolute Gasteiger partial charge is 0.497 e. The number of rotatable bonds is 8. The first-order valence-electron chi connectivity index (χ1n) is 11.8. The lowest BCUT2D eigenvalue weighted by molar-refractivity contribution is -0.147. The van der Waals surface area contributed by atoms with E-state index in [-0.39, 0.29) is 23.6 Å². The van der Waals surface area contributed by atoms with E-state index in [9.17, 15) is 22.4 Å². The monoisotopic (exact) mass is 501 g/mol. The lowest BCUT2D eigenvalue weighted by Crippen LogP contribution is -2.51. The summed E-state index contributed by atoms with van der Waals surface area (Å²) in [5.74, 6) is 0.376. The van der Waals surface area contributed by atoms with Gasteiger partial charge in [-0.25, -0.2) is 17.6 Å². The van der Waals surface area contributed by atoms with Gasteiger partial charge in [0.15, 0.2) is 12.4 Å². The third kappa shape index (κ3) is 4.66. The average Bonchev–Trinajstić information content (AvgIpc) is 2.82. The minimum Gasteiger partial charge on any atom is -0.497 e. The second kappa shape index (κ2) is 8.93. The summed E-state index contributed by atoms with van der Waals surface area (Å²) in [6, 6.07) is 9.05. The van der Waals surface area contributed by atoms with Gasteiger partial charge < -0.3 is 9.47 Å². The molecule has 1 N–H and O–H groups in total. The number of esters is 1. The van der Waals surface area contributed by atoms with Crippen molar-refractivity contribution in [2.45, 2.75) is 43.4 Å². The molecule has 6 rings (SSSR count). The Morgan fingerprint density at radius 2 is 1.60 bits per heavy atom. The van der Waals surface area contributed by atoms with Crippen molar-refractivity contribution in [1.82, 2.24) is 0 Å². The van der Waals surface area contributed by atoms with Gasteiger partial charge in [-0.15, -0.1) is 0 Å². The first-order chi connectivity index (χ1) is 16.7. The highest BCUT2D eigenvalue weighted by molar-refractivity contribution is 7.92. The van der Waals surface area contributed by atoms with E-state index in [1.165, 1.54) is 38.5 Å². The second-order valence-electron chi connectivity index (χ2n) is 10.2. The van der Waals surface area contributed by atoms with Crippen LogP contribution in [0.2, 0.25) is 0 Å². The number of anilines is 1. The molecule has 0 aliphatic heterocycles. The quantitative estimate of drug-likeness (QED) is 0.532. The Hall–Kier alpha value is -2.94. The molecule has 0 radical (unpaired) electrons. The van der Waals surface area contributed by atoms with Crippen molar-refractivity contribution in [2.75, 3.05) is 18.4 Å². The van der Waals surface area contributed by atoms with E-state index < -0.39 is 32.1 Å². The average molecular weight is 502 g/mol. The van der Waals surface area contributed by atoms with Gasteiger partial charge in [0.05, 0.1) is 12.7 Å². The maximum atomic E-state index is 14.4. The summed E-state index contributed by atoms with van der Waals surface area (Å²) < 4.78 is 52.6. The van der Waals surface area contributed by atoms with E-state index in [1.807, 2.05) is 0 Å². The molecule has 0 saturated heterocycles. The van der Waals surface area contributed by atoms with Crippen LogP contribution in [0.1, 0.15) is 48.9 Å². The Bertz CT molecular complexity index is 1220. The van der Waals surface area contributed by atoms with Crippen LogP contribution < -0.4 is 9.46 Å². The molecule has 4 aliphatic rings. The highest BCUT2D eigenvalue weighted by atomic mass is 32.2. The Morgan fingerprint density at radius 1 is 1.00 bits per heavy atom. The van der Waals surface area contributed by atoms with Gasteiger partial charge in [-0.2, -0.15) is 0 Å². The zero-order valence-corrected chi connectivity index (χ0v) is 20.3. The number of Topliss-reactive ketones (excluding diaryl/α,β-unsaturated/α-hetero) is 1. The van der Waals surface area contributed by atoms with E-state index in [0.29, 0.717) is 23.5 Å². The highest BCUT2D eigenvalue weighted by Crippen LogP contribution is 2.60. The number of sulfonamides is 1. The normalized spacial score (nSPS) is 26.9. The van der Waals surface area contributed by atoms with Crippen molar-refractivity contribution in [1.29, 1.82) is 0 Å². The van der Waals surface area contributed by atoms with Crippen molar-refractivity contribution < 1.29 is 31.9 Å². The number of benzene rings is 2. The SMILES string of the molecule is COc1ccc(NS(=O)(=O)c2cc(C(=O)OCC(=O)C34CC5CC(CC(C5)C3)C4)ccc2F)cc1. The molecule has 7 nitrogen and oxygen atoms in total. The Kier molecular flexibility index (Phi) is 6.07. The van der Waals surface area contributed by atoms with Crippen LogP contribution in [-0.2, 0) is 19.6 Å². The maximum Gasteiger partial charge on any atom is 0.338 e. The molecule has 0 amide bonds. The first kappa shape index (κ1) is 23.8. The zero-order valence-electron chi connectivity index (χ0n) is 19.5. The van der Waals surface area contributed by atoms with Gasteiger partial charge in [0, 0.05) is 11.1 Å². The molecule has 0 aromatic heterocycles. The number of hydrogen-bond acceptors (Lipinski definition) is 6. The molecular weight excluding hydrogens is 473 g/mol. The fourth-order valence-electron chi connectivity index (χ4n) is 6.53. The number of hydrogen-bond donors (Lipinski definition) is 1. The molecule has 0 atom stereocenters. The fourth-order valence-corrected chi connectivity index (χ4v) is 7.69. The van der Waals surface area contributed by atoms with E-state index in [1.54, 1.807) is 12.1 Å². The number of ketones is 1. The van der Waals surface area contributed by atoms with Gasteiger partial charge >= 0.3 is 5.97 Å². The highest BCUT2D eigenvalue weighted by Gasteiger charge is 2.54. The molecule has 4 aliphatic carbocycles. The third-order valence-electron chi connectivity index (χ3n) is 7.76. The molecule has 4 saturated carbocycles. The van der Waals surface area contributed by atoms with Gasteiger partial charge in [0.1, 0.15) is 16.5 Å². The summed E-state index contributed by atoms with van der Waals surface area (Å²) in [6.07, 6.45) is 6.19. The Labute approximate surface area is 204 Å². The van der Waals surface area contributed by atoms with Gasteiger partial charge in [-0.1, -0.05) is 0 Å². The summed E-state index contributed by atoms with van der Waals surface area (Å²) in [4.78, 5) is 25.1. The van der Waals surface area contributed by atoms with Gasteiger partial charge in [-0.3, -0.25) is 9.52 Å². The minimum absolute atomic E-state index is 0.0546. The molecule has 2 aromatic carbocycles. The predicted molar refractivity (Wildman–Crippen MR) is 126 cm³/mol. The zero-order chi connectivity index (χ0) is 24.8. The van der Waals surface area contributed by atoms with Crippen LogP contribution >= 0.6 is 0 Å². The Balaban J connectivity index is 1.27. The van der Waals surface area contributed by atoms with Crippen LogP contribution in [0.5, 0.6) is 5.75 Å². The molecule has 4 bridgehead atoms. The Morgan fingerprint density at radius 3 is 2.17 bits per heavy atom. The summed E-state index contributed by atoms with van der Waals surface area (Å²) >= 11 is 0. The second-order valence-corrected chi connectivity index (χ2v) is 11.8. The lowest BCUT2D eigenvalue weighted by Gasteiger charge is -2.55. The van der Waals surface area contributed by atoms with Crippen molar-refractivity contribution >= 4 is 27.5 Å². The summed E-state index contributed by atoms with van der Waals surface area (Å²) in [7, 11) is -2.84. The van der Waals surface area contributed by atoms with Gasteiger partial charge in [0.2, 0.25) is 0 Å². The maximum absolute atomic E-state index is 14.4. The molecule has 0 spiro atoms. The van der Waals surface area contributed by atoms with Crippen LogP contribution in [0.25, 0.3) is 0 Å². The summed E-state index contributed by atoms with van der Waals surface area (Å²) in [5.41, 5.74) is -0.326. The molecule has 0 heterocycles. The number of nitrogens with one attached hydrogen (secondary N) is 1. The molecule has 186 valence electrons. The summed E-state index contributed by atoms with van der Waals surface area (Å²) in [5, 5.41) is 0. The summed E-state index contributed by atoms with van der Waals surface area (Å²) in [6.45, 7) is -0.353. The molecule has 2 aromatic rings. The molecule has 4 fully saturated rings. The molecule has 35 heavy (non-hydrogen) atoms. The standard InChI is InChI=1S/C26H28FNO6S/c1-33-21-5-3-20(4-6-21)28-35(31,32)23-11-19(2-7-22(23)27)25(30)34-15-24(29)26-12-16-8-17(13-26)10-18(9-16)14-26/h2-7,11,16-18,28H,8-10,12-15H2,1H3. The number of halogens is 1. The molecular formula is C26H28FNO6S. The van der Waals surface area contributed by atoms with Crippen LogP contribution in [0, 0.1) is 29.0 Å². The number of carbonyl (C=O) groups excluding carboxylic acids is 2. The van der Waals surface area contributed by atoms with Crippen LogP contribution in [-0.4, -0.2) is 33.9 Å². The van der Waals surface area contributed by atoms with Crippen LogP contribution in [0.15, 0.2) is 47.4 Å². The topological polar surface area (TPSA) is 98.8 Å². The van der Waals surface area contributed by atoms with Crippen LogP contribution in [0.3, 0.4) is 0 Å². The van der Waals surface area contributed by atoms with Crippen molar-refractivity contribution in [3.05, 3.63) is 53.8 Å². The van der Waals surface area contributed by atoms with Crippen molar-refractivity contribution in [2.24, 2.45) is 23.2 Å². The fraction of sp³-hybridized carbons (Fsp3) is 0.462. The van der Waals surface area contributed by atoms with E-state index in [2.05, 4.69) is 4.72 Å². The lowest BCUT2D eigenvalue weighted by atomic mass is 9.48. The number of ether oxygens (including phenoxy) is 2.